The predicted molar refractivity (Wildman–Crippen MR) is 407 cm³/mol. The summed E-state index contributed by atoms with van der Waals surface area (Å²) in [5.74, 6) is -8.55. The molecule has 40 nitrogen and oxygen atoms in total. The fourth-order valence-electron chi connectivity index (χ4n) is 14.8. The third kappa shape index (κ3) is 29.0. The molecule has 115 heavy (non-hydrogen) atoms. The highest BCUT2D eigenvalue weighted by Crippen LogP contribution is 2.42. The Labute approximate surface area is 680 Å². The lowest BCUT2D eigenvalue weighted by Crippen LogP contribution is -2.72. The molecule has 22 N–H and O–H groups in total. The highest BCUT2D eigenvalue weighted by molar-refractivity contribution is 14.1. The van der Waals surface area contributed by atoms with Crippen molar-refractivity contribution in [1.29, 1.82) is 0 Å². The molecule has 0 radical (unpaired) electrons. The standard InChI is InChI=1S/C74H124IN7O33/c1-4-5-6-7-8-9-10-11-12-14-17-20-23-26-44(90)43(80-52(94)27-24-21-18-15-13-16-19-22-25-28-77-68(103)40-29-41(75)42(81-82-76)30-45(40)91)37-106-70-61(101)59(99)63(50(35-86)109-70)111-72-62(102)67(115-74(73(104)105)31-46(92)53(78-38(2)88)66(114-74)55(95)47(93)32-83)64(51(36-87)110-72)112-69-54(79-39(3)89)65(57(97)49(34-85)107-69)113-71-60(100)58(98)56(96)48(33-84)108-71/h29-30,43-44,46-51,53-67,69-72,83-87,90-93,95-102H,4-28,31-37H2,1-3H3,(H,77,103)(H,78,88)(H,79,89)(H,80,94)(H,104,105)/t43?,44?,46-,47+,48+,49+,50+,51+,53+,54+,55+,56-,57-,58-,59+,60+,61+,62+,63+,64-,65+,66+,67+,69-,70+,71-,72-,74+/m0/s1/i75-2. The number of hydrogen-bond donors (Lipinski definition) is 22. The fraction of sp³-hybridized carbons (Fsp3) is 0.851. The Hall–Kier alpha value is -4.63. The SMILES string of the molecule is CCCCCCCCCCCCCCCC(O)C(CO[C@@H]1O[C@H](CO)[C@@H](O[C@@H]2O[C@H](CO)[C@H](O[C@@H]3O[C@H](CO)[C@H](O)[C@H](O[C@@H]4O[C@H](CO)[C@H](O)[C@H](O)[C@H]4O)[C@H]3NC(C)=O)[C@H](O[C@@]3(C(=O)O)C[C@H](O)[C@@H](NC(C)=O)[C@H]([C@H](O)[C@H](O)CO)O3)[C@H]2O)[C@H](O)[C@H]1O)NC(=O)CCCCCCCCCCCNC(=O)c1cc([125I])c(N=[N+]=[N-])cc1O. The minimum atomic E-state index is -3.40. The van der Waals surface area contributed by atoms with Crippen LogP contribution in [-0.4, -0.2) is 339 Å². The van der Waals surface area contributed by atoms with Crippen molar-refractivity contribution in [1.82, 2.24) is 21.3 Å². The van der Waals surface area contributed by atoms with Gasteiger partial charge in [-0.15, -0.1) is 0 Å². The van der Waals surface area contributed by atoms with Crippen molar-refractivity contribution in [3.05, 3.63) is 31.7 Å². The van der Waals surface area contributed by atoms with Gasteiger partial charge in [-0.25, -0.2) is 4.79 Å². The fourth-order valence-corrected chi connectivity index (χ4v) is 15.3. The molecule has 1 aromatic carbocycles. The van der Waals surface area contributed by atoms with Crippen LogP contribution in [0.3, 0.4) is 0 Å². The number of aliphatic carboxylic acids is 1. The van der Waals surface area contributed by atoms with Gasteiger partial charge in [-0.2, -0.15) is 0 Å². The molecule has 660 valence electrons. The number of benzene rings is 1. The van der Waals surface area contributed by atoms with E-state index in [0.29, 0.717) is 35.8 Å². The summed E-state index contributed by atoms with van der Waals surface area (Å²) in [5.41, 5.74) is 9.02. The van der Waals surface area contributed by atoms with Gasteiger partial charge >= 0.3 is 5.97 Å². The Balaban J connectivity index is 1.18. The second-order valence-corrected chi connectivity index (χ2v) is 31.3. The third-order valence-electron chi connectivity index (χ3n) is 21.3. The Morgan fingerprint density at radius 2 is 1.08 bits per heavy atom. The Morgan fingerprint density at radius 1 is 0.583 bits per heavy atom. The molecule has 28 atom stereocenters. The number of aliphatic hydroxyl groups is 16. The molecule has 2 unspecified atom stereocenters. The normalized spacial score (nSPS) is 32.7. The number of carboxylic acid groups (broad SMARTS) is 1. The van der Waals surface area contributed by atoms with E-state index in [1.807, 2.05) is 22.6 Å². The number of carboxylic acids is 1. The second kappa shape index (κ2) is 50.6. The van der Waals surface area contributed by atoms with E-state index in [4.69, 9.17) is 52.9 Å². The van der Waals surface area contributed by atoms with Crippen molar-refractivity contribution in [2.24, 2.45) is 5.11 Å². The van der Waals surface area contributed by atoms with E-state index in [1.54, 1.807) is 0 Å². The number of aromatic hydroxyl groups is 1. The summed E-state index contributed by atoms with van der Waals surface area (Å²) in [6.07, 6.45) is -29.3. The molecule has 1 aromatic rings. The van der Waals surface area contributed by atoms with Crippen molar-refractivity contribution in [3.63, 3.8) is 0 Å². The van der Waals surface area contributed by atoms with Crippen molar-refractivity contribution < 1.29 is 163 Å². The lowest BCUT2D eigenvalue weighted by Gasteiger charge is -2.52. The van der Waals surface area contributed by atoms with Crippen LogP contribution in [0, 0.1) is 3.57 Å². The van der Waals surface area contributed by atoms with Crippen molar-refractivity contribution >= 4 is 57.9 Å². The first kappa shape index (κ1) is 99.2. The van der Waals surface area contributed by atoms with Crippen LogP contribution in [0.15, 0.2) is 17.2 Å². The molecule has 5 fully saturated rings. The summed E-state index contributed by atoms with van der Waals surface area (Å²) >= 11 is 1.91. The first-order valence-corrected chi connectivity index (χ1v) is 41.0. The van der Waals surface area contributed by atoms with Crippen LogP contribution in [0.25, 0.3) is 10.4 Å². The van der Waals surface area contributed by atoms with Crippen LogP contribution >= 0.6 is 22.6 Å². The summed E-state index contributed by atoms with van der Waals surface area (Å²) in [6, 6.07) is -2.13. The summed E-state index contributed by atoms with van der Waals surface area (Å²) in [4.78, 5) is 68.6. The minimum absolute atomic E-state index is 0.0715. The van der Waals surface area contributed by atoms with Gasteiger partial charge in [0.1, 0.15) is 122 Å². The lowest BCUT2D eigenvalue weighted by atomic mass is 9.88. The largest absolute Gasteiger partial charge is 0.507 e. The van der Waals surface area contributed by atoms with Gasteiger partial charge in [0.15, 0.2) is 25.2 Å². The van der Waals surface area contributed by atoms with Crippen molar-refractivity contribution in [3.8, 4) is 5.75 Å². The van der Waals surface area contributed by atoms with Crippen LogP contribution in [0.2, 0.25) is 0 Å². The smallest absolute Gasteiger partial charge is 0.364 e. The Morgan fingerprint density at radius 3 is 1.64 bits per heavy atom. The number of rotatable bonds is 51. The maximum Gasteiger partial charge on any atom is 0.364 e. The predicted octanol–water partition coefficient (Wildman–Crippen LogP) is -1.50. The number of hydrogen-bond acceptors (Lipinski definition) is 33. The van der Waals surface area contributed by atoms with E-state index in [9.17, 15) is 116 Å². The van der Waals surface area contributed by atoms with Gasteiger partial charge in [-0.1, -0.05) is 140 Å². The van der Waals surface area contributed by atoms with Gasteiger partial charge in [0, 0.05) is 41.7 Å². The molecule has 5 heterocycles. The summed E-state index contributed by atoms with van der Waals surface area (Å²) < 4.78 is 60.6. The minimum Gasteiger partial charge on any atom is -0.507 e. The van der Waals surface area contributed by atoms with E-state index < -0.39 is 247 Å². The number of phenols is 1. The van der Waals surface area contributed by atoms with E-state index in [1.165, 1.54) is 57.1 Å². The lowest BCUT2D eigenvalue weighted by molar-refractivity contribution is -0.403. The zero-order valence-corrected chi connectivity index (χ0v) is 67.4. The Kier molecular flexibility index (Phi) is 43.6. The first-order chi connectivity index (χ1) is 54.9. The van der Waals surface area contributed by atoms with Crippen molar-refractivity contribution in [2.75, 3.05) is 46.2 Å². The molecule has 0 saturated carbocycles. The summed E-state index contributed by atoms with van der Waals surface area (Å²) in [6.45, 7) is -1.61. The quantitative estimate of drug-likeness (QED) is 0.0116. The molecule has 4 amide bonds. The second-order valence-electron chi connectivity index (χ2n) is 30.1. The molecule has 41 heteroatoms. The van der Waals surface area contributed by atoms with E-state index in [0.717, 1.165) is 84.5 Å². The number of nitrogens with zero attached hydrogens (tertiary/aromatic N) is 3. The number of carbonyl (C=O) groups is 5. The topological polar surface area (TPSA) is 639 Å². The first-order valence-electron chi connectivity index (χ1n) is 40.0. The Bertz CT molecular complexity index is 3120. The van der Waals surface area contributed by atoms with Crippen LogP contribution in [-0.2, 0) is 66.5 Å². The number of amides is 4. The van der Waals surface area contributed by atoms with E-state index in [-0.39, 0.29) is 29.8 Å². The third-order valence-corrected chi connectivity index (χ3v) is 22.1. The number of aliphatic hydroxyl groups excluding tert-OH is 16. The van der Waals surface area contributed by atoms with Gasteiger partial charge in [0.25, 0.3) is 11.7 Å². The number of carbonyl (C=O) groups excluding carboxylic acids is 4. The van der Waals surface area contributed by atoms with Crippen LogP contribution in [0.1, 0.15) is 192 Å². The van der Waals surface area contributed by atoms with Crippen molar-refractivity contribution in [2.45, 2.75) is 352 Å². The number of unbranched alkanes of at least 4 members (excludes halogenated alkanes) is 20. The molecular formula is C74H124IN7O33. The van der Waals surface area contributed by atoms with E-state index in [2.05, 4.69) is 38.2 Å². The van der Waals surface area contributed by atoms with Gasteiger partial charge in [0.2, 0.25) is 17.7 Å². The highest BCUT2D eigenvalue weighted by Gasteiger charge is 2.62. The number of ether oxygens (including phenoxy) is 10. The molecule has 0 aliphatic carbocycles. The maximum absolute atomic E-state index is 13.8. The van der Waals surface area contributed by atoms with E-state index >= 15 is 0 Å². The number of azide groups is 1. The van der Waals surface area contributed by atoms with Crippen LogP contribution in [0.4, 0.5) is 5.69 Å². The maximum atomic E-state index is 13.8. The zero-order chi connectivity index (χ0) is 84.6. The molecular weight excluding hydrogens is 1640 g/mol. The molecule has 6 rings (SSSR count). The number of halogens is 1. The molecule has 0 spiro atoms. The summed E-state index contributed by atoms with van der Waals surface area (Å²) in [5, 5.41) is 214. The molecule has 5 aliphatic heterocycles. The average Bonchev–Trinajstić information content (AvgIpc) is 0.745. The highest BCUT2D eigenvalue weighted by atomic mass is 125. The average molecular weight is 1760 g/mol. The number of nitrogens with one attached hydrogen (secondary N) is 4. The van der Waals surface area contributed by atoms with Gasteiger partial charge in [-0.05, 0) is 59.5 Å². The van der Waals surface area contributed by atoms with Crippen LogP contribution < -0.4 is 21.3 Å². The van der Waals surface area contributed by atoms with Gasteiger partial charge in [-0.3, -0.25) is 19.2 Å². The molecule has 0 bridgehead atoms. The molecule has 0 aromatic heterocycles. The monoisotopic (exact) mass is 1760 g/mol. The zero-order valence-electron chi connectivity index (χ0n) is 65.3. The number of phenolic OH excluding ortho intramolecular Hbond substituents is 1. The molecule has 5 saturated heterocycles. The van der Waals surface area contributed by atoms with Crippen LogP contribution in [0.5, 0.6) is 5.75 Å². The van der Waals surface area contributed by atoms with Gasteiger partial charge < -0.3 is 161 Å². The molecule has 5 aliphatic rings. The van der Waals surface area contributed by atoms with Gasteiger partial charge in [0.05, 0.1) is 75.2 Å². The summed E-state index contributed by atoms with van der Waals surface area (Å²) in [7, 11) is 0.